The van der Waals surface area contributed by atoms with Gasteiger partial charge in [-0.15, -0.1) is 0 Å². The molecule has 0 aliphatic rings. The van der Waals surface area contributed by atoms with E-state index in [2.05, 4.69) is 26.3 Å². The molecule has 19 heavy (non-hydrogen) atoms. The monoisotopic (exact) mass is 321 g/mol. The van der Waals surface area contributed by atoms with Crippen LogP contribution in [-0.4, -0.2) is 15.7 Å². The summed E-state index contributed by atoms with van der Waals surface area (Å²) in [6.07, 6.45) is 2.98. The Kier molecular flexibility index (Phi) is 4.74. The Morgan fingerprint density at radius 2 is 2.05 bits per heavy atom. The molecule has 0 atom stereocenters. The topological polar surface area (TPSA) is 46.9 Å². The quantitative estimate of drug-likeness (QED) is 0.919. The lowest BCUT2D eigenvalue weighted by atomic mass is 10.1. The number of halogens is 1. The highest BCUT2D eigenvalue weighted by Gasteiger charge is 2.04. The zero-order chi connectivity index (χ0) is 13.7. The Balaban J connectivity index is 1.76. The molecule has 4 nitrogen and oxygen atoms in total. The molecule has 5 heteroatoms. The second-order valence-electron chi connectivity index (χ2n) is 4.35. The van der Waals surface area contributed by atoms with E-state index in [9.17, 15) is 4.79 Å². The Hall–Kier alpha value is -1.62. The molecule has 1 aromatic heterocycles. The first kappa shape index (κ1) is 13.8. The first-order valence-corrected chi connectivity index (χ1v) is 6.92. The van der Waals surface area contributed by atoms with Crippen molar-refractivity contribution in [3.63, 3.8) is 0 Å². The average Bonchev–Trinajstić information content (AvgIpc) is 2.81. The predicted octanol–water partition coefficient (Wildman–Crippen LogP) is 2.43. The van der Waals surface area contributed by atoms with Crippen LogP contribution in [0.4, 0.5) is 0 Å². The fourth-order valence-corrected chi connectivity index (χ4v) is 2.03. The first-order chi connectivity index (χ1) is 9.15. The number of carbonyl (C=O) groups is 1. The Morgan fingerprint density at radius 3 is 2.68 bits per heavy atom. The third kappa shape index (κ3) is 4.21. The van der Waals surface area contributed by atoms with Gasteiger partial charge in [0, 0.05) is 24.1 Å². The van der Waals surface area contributed by atoms with Gasteiger partial charge in [0.25, 0.3) is 0 Å². The fraction of sp³-hybridized carbons (Fsp3) is 0.286. The molecule has 0 spiro atoms. The zero-order valence-electron chi connectivity index (χ0n) is 10.8. The SMILES string of the molecule is Cn1nccc1CNC(=O)CCc1ccc(Br)cc1. The number of hydrogen-bond donors (Lipinski definition) is 1. The molecule has 2 rings (SSSR count). The number of nitrogens with one attached hydrogen (secondary N) is 1. The molecule has 1 N–H and O–H groups in total. The predicted molar refractivity (Wildman–Crippen MR) is 77.5 cm³/mol. The van der Waals surface area contributed by atoms with Gasteiger partial charge in [0.15, 0.2) is 0 Å². The normalized spacial score (nSPS) is 10.4. The number of carbonyl (C=O) groups excluding carboxylic acids is 1. The van der Waals surface area contributed by atoms with Crippen LogP contribution in [0.5, 0.6) is 0 Å². The lowest BCUT2D eigenvalue weighted by Gasteiger charge is -2.06. The highest BCUT2D eigenvalue weighted by molar-refractivity contribution is 9.10. The van der Waals surface area contributed by atoms with Gasteiger partial charge >= 0.3 is 0 Å². The van der Waals surface area contributed by atoms with Crippen molar-refractivity contribution in [2.75, 3.05) is 0 Å². The highest BCUT2D eigenvalue weighted by Crippen LogP contribution is 2.11. The molecular formula is C14H16BrN3O. The van der Waals surface area contributed by atoms with Gasteiger partial charge in [-0.25, -0.2) is 0 Å². The lowest BCUT2D eigenvalue weighted by molar-refractivity contribution is -0.121. The van der Waals surface area contributed by atoms with E-state index in [4.69, 9.17) is 0 Å². The van der Waals surface area contributed by atoms with Gasteiger partial charge in [-0.1, -0.05) is 28.1 Å². The molecule has 1 heterocycles. The summed E-state index contributed by atoms with van der Waals surface area (Å²) >= 11 is 3.39. The maximum atomic E-state index is 11.7. The molecule has 0 unspecified atom stereocenters. The largest absolute Gasteiger partial charge is 0.350 e. The second-order valence-corrected chi connectivity index (χ2v) is 5.27. The van der Waals surface area contributed by atoms with E-state index in [0.717, 1.165) is 16.6 Å². The molecule has 0 fully saturated rings. The zero-order valence-corrected chi connectivity index (χ0v) is 12.4. The van der Waals surface area contributed by atoms with Gasteiger partial charge in [0.1, 0.15) is 0 Å². The molecule has 1 amide bonds. The number of nitrogens with zero attached hydrogens (tertiary/aromatic N) is 2. The van der Waals surface area contributed by atoms with Crippen LogP contribution < -0.4 is 5.32 Å². The van der Waals surface area contributed by atoms with Crippen molar-refractivity contribution in [3.05, 3.63) is 52.3 Å². The van der Waals surface area contributed by atoms with Crippen molar-refractivity contribution < 1.29 is 4.79 Å². The Morgan fingerprint density at radius 1 is 1.32 bits per heavy atom. The van der Waals surface area contributed by atoms with Crippen LogP contribution in [0.2, 0.25) is 0 Å². The summed E-state index contributed by atoms with van der Waals surface area (Å²) in [5, 5.41) is 6.96. The molecule has 0 aliphatic carbocycles. The van der Waals surface area contributed by atoms with Crippen LogP contribution in [0.15, 0.2) is 41.0 Å². The minimum atomic E-state index is 0.0594. The minimum absolute atomic E-state index is 0.0594. The summed E-state index contributed by atoms with van der Waals surface area (Å²) in [6, 6.07) is 9.93. The molecule has 0 saturated heterocycles. The van der Waals surface area contributed by atoms with Gasteiger partial charge in [-0.3, -0.25) is 9.48 Å². The average molecular weight is 322 g/mol. The number of benzene rings is 1. The number of rotatable bonds is 5. The van der Waals surface area contributed by atoms with Crippen molar-refractivity contribution >= 4 is 21.8 Å². The first-order valence-electron chi connectivity index (χ1n) is 6.13. The molecule has 0 aliphatic heterocycles. The van der Waals surface area contributed by atoms with Crippen molar-refractivity contribution in [2.45, 2.75) is 19.4 Å². The molecule has 0 saturated carbocycles. The molecule has 0 radical (unpaired) electrons. The lowest BCUT2D eigenvalue weighted by Crippen LogP contribution is -2.24. The van der Waals surface area contributed by atoms with Crippen LogP contribution in [0.25, 0.3) is 0 Å². The summed E-state index contributed by atoms with van der Waals surface area (Å²) in [5.41, 5.74) is 2.16. The van der Waals surface area contributed by atoms with E-state index < -0.39 is 0 Å². The van der Waals surface area contributed by atoms with E-state index >= 15 is 0 Å². The van der Waals surface area contributed by atoms with Crippen molar-refractivity contribution in [1.29, 1.82) is 0 Å². The minimum Gasteiger partial charge on any atom is -0.350 e. The van der Waals surface area contributed by atoms with Crippen LogP contribution >= 0.6 is 15.9 Å². The highest BCUT2D eigenvalue weighted by atomic mass is 79.9. The summed E-state index contributed by atoms with van der Waals surface area (Å²) in [5.74, 6) is 0.0594. The van der Waals surface area contributed by atoms with E-state index in [1.54, 1.807) is 10.9 Å². The molecule has 2 aromatic rings. The van der Waals surface area contributed by atoms with E-state index in [0.29, 0.717) is 13.0 Å². The maximum absolute atomic E-state index is 11.7. The fourth-order valence-electron chi connectivity index (χ4n) is 1.76. The summed E-state index contributed by atoms with van der Waals surface area (Å²) in [6.45, 7) is 0.523. The summed E-state index contributed by atoms with van der Waals surface area (Å²) in [4.78, 5) is 11.7. The maximum Gasteiger partial charge on any atom is 0.220 e. The van der Waals surface area contributed by atoms with Gasteiger partial charge in [0.05, 0.1) is 12.2 Å². The standard InChI is InChI=1S/C14H16BrN3O/c1-18-13(8-9-17-18)10-16-14(19)7-4-11-2-5-12(15)6-3-11/h2-3,5-6,8-9H,4,7,10H2,1H3,(H,16,19). The number of aryl methyl sites for hydroxylation is 2. The Bertz CT molecular complexity index is 548. The van der Waals surface area contributed by atoms with Crippen molar-refractivity contribution in [3.8, 4) is 0 Å². The Labute approximate surface area is 120 Å². The van der Waals surface area contributed by atoms with Gasteiger partial charge in [-0.2, -0.15) is 5.10 Å². The smallest absolute Gasteiger partial charge is 0.220 e. The third-order valence-electron chi connectivity index (χ3n) is 2.94. The number of hydrogen-bond acceptors (Lipinski definition) is 2. The van der Waals surface area contributed by atoms with E-state index in [1.165, 1.54) is 5.56 Å². The van der Waals surface area contributed by atoms with Crippen LogP contribution in [-0.2, 0) is 24.8 Å². The number of aromatic nitrogens is 2. The third-order valence-corrected chi connectivity index (χ3v) is 3.47. The van der Waals surface area contributed by atoms with Gasteiger partial charge < -0.3 is 5.32 Å². The van der Waals surface area contributed by atoms with Crippen molar-refractivity contribution in [2.24, 2.45) is 7.05 Å². The molecule has 100 valence electrons. The van der Waals surface area contributed by atoms with Gasteiger partial charge in [-0.05, 0) is 30.2 Å². The summed E-state index contributed by atoms with van der Waals surface area (Å²) < 4.78 is 2.81. The second kappa shape index (κ2) is 6.52. The van der Waals surface area contributed by atoms with E-state index in [-0.39, 0.29) is 5.91 Å². The van der Waals surface area contributed by atoms with Crippen LogP contribution in [0, 0.1) is 0 Å². The molecule has 1 aromatic carbocycles. The van der Waals surface area contributed by atoms with Crippen LogP contribution in [0.1, 0.15) is 17.7 Å². The van der Waals surface area contributed by atoms with Gasteiger partial charge in [0.2, 0.25) is 5.91 Å². The molecular weight excluding hydrogens is 306 g/mol. The van der Waals surface area contributed by atoms with Crippen molar-refractivity contribution in [1.82, 2.24) is 15.1 Å². The summed E-state index contributed by atoms with van der Waals surface area (Å²) in [7, 11) is 1.86. The number of amides is 1. The van der Waals surface area contributed by atoms with Crippen LogP contribution in [0.3, 0.4) is 0 Å². The van der Waals surface area contributed by atoms with E-state index in [1.807, 2.05) is 37.4 Å². The molecule has 0 bridgehead atoms.